The molecule has 0 aromatic heterocycles. The maximum atomic E-state index is 12.9. The number of hydrogen-bond donors (Lipinski definition) is 3. The van der Waals surface area contributed by atoms with Crippen molar-refractivity contribution in [1.29, 1.82) is 0 Å². The predicted molar refractivity (Wildman–Crippen MR) is 136 cm³/mol. The monoisotopic (exact) mass is 648 g/mol. The van der Waals surface area contributed by atoms with Crippen LogP contribution in [0.4, 0.5) is 5.69 Å². The summed E-state index contributed by atoms with van der Waals surface area (Å²) in [6.45, 7) is 2.59. The summed E-state index contributed by atoms with van der Waals surface area (Å²) in [5.41, 5.74) is -0.0662. The van der Waals surface area contributed by atoms with Crippen molar-refractivity contribution < 1.29 is 43.0 Å². The van der Waals surface area contributed by atoms with Crippen LogP contribution in [0, 0.1) is 13.9 Å². The summed E-state index contributed by atoms with van der Waals surface area (Å²) in [5.74, 6) is 0.242. The van der Waals surface area contributed by atoms with Gasteiger partial charge in [0.05, 0.1) is 0 Å². The van der Waals surface area contributed by atoms with Crippen LogP contribution in [0.25, 0.3) is 0 Å². The van der Waals surface area contributed by atoms with Crippen molar-refractivity contribution in [3.05, 3.63) is 57.0 Å². The Kier molecular flexibility index (Phi) is 10.0. The Labute approximate surface area is 227 Å². The van der Waals surface area contributed by atoms with Crippen molar-refractivity contribution in [2.24, 2.45) is 5.41 Å². The van der Waals surface area contributed by atoms with Gasteiger partial charge in [0.25, 0.3) is 0 Å². The van der Waals surface area contributed by atoms with Crippen molar-refractivity contribution in [3.63, 3.8) is 0 Å². The van der Waals surface area contributed by atoms with Gasteiger partial charge in [0, 0.05) is 0 Å². The molecule has 0 radical (unpaired) electrons. The second kappa shape index (κ2) is 12.6. The second-order valence-corrected chi connectivity index (χ2v) is 14.6. The SMILES string of the molecule is CN(C)CC[C@H](CSc1ccccc1)Nc1ccc(S(=O)(=O)NC(=O)C2(C)CCC2)cc1[I-][N+](=O)O. The van der Waals surface area contributed by atoms with Crippen LogP contribution in [0.3, 0.4) is 0 Å². The van der Waals surface area contributed by atoms with Gasteiger partial charge in [0.2, 0.25) is 0 Å². The molecule has 2 aromatic rings. The molecule has 0 heterocycles. The third-order valence-corrected chi connectivity index (χ3v) is 10.5. The molecule has 9 nitrogen and oxygen atoms in total. The molecule has 0 bridgehead atoms. The van der Waals surface area contributed by atoms with E-state index in [2.05, 4.69) is 14.9 Å². The summed E-state index contributed by atoms with van der Waals surface area (Å²) in [7, 11) is -0.118. The number of carbonyl (C=O) groups excluding carboxylic acids is 1. The fraction of sp³-hybridized carbons (Fsp3) is 0.458. The fourth-order valence-corrected chi connectivity index (χ4v) is 7.56. The molecule has 2 aromatic carbocycles. The van der Waals surface area contributed by atoms with E-state index in [-0.39, 0.29) is 14.1 Å². The molecule has 0 saturated heterocycles. The van der Waals surface area contributed by atoms with Gasteiger partial charge >= 0.3 is 229 Å². The average molecular weight is 649 g/mol. The molecule has 0 aliphatic heterocycles. The number of anilines is 1. The Morgan fingerprint density at radius 2 is 1.92 bits per heavy atom. The molecule has 1 aliphatic carbocycles. The zero-order chi connectivity index (χ0) is 26.3. The number of benzene rings is 2. The van der Waals surface area contributed by atoms with Gasteiger partial charge in [-0.1, -0.05) is 0 Å². The minimum atomic E-state index is -4.11. The molecular formula is C24H33IN4O5S2. The number of halogens is 1. The van der Waals surface area contributed by atoms with E-state index in [1.54, 1.807) is 24.8 Å². The van der Waals surface area contributed by atoms with Crippen molar-refractivity contribution in [2.75, 3.05) is 31.7 Å². The summed E-state index contributed by atoms with van der Waals surface area (Å²) < 4.78 is 28.4. The van der Waals surface area contributed by atoms with E-state index in [0.717, 1.165) is 30.0 Å². The van der Waals surface area contributed by atoms with Gasteiger partial charge in [0.15, 0.2) is 0 Å². The molecule has 12 heteroatoms. The Morgan fingerprint density at radius 1 is 1.22 bits per heavy atom. The van der Waals surface area contributed by atoms with Gasteiger partial charge in [-0.2, -0.15) is 0 Å². The van der Waals surface area contributed by atoms with E-state index < -0.39 is 42.8 Å². The Bertz CT molecular complexity index is 1170. The molecule has 1 fully saturated rings. The molecule has 198 valence electrons. The summed E-state index contributed by atoms with van der Waals surface area (Å²) >= 11 is 0.118. The van der Waals surface area contributed by atoms with Crippen LogP contribution in [0.2, 0.25) is 0 Å². The van der Waals surface area contributed by atoms with Crippen LogP contribution in [0.5, 0.6) is 0 Å². The quantitative estimate of drug-likeness (QED) is 0.125. The molecular weight excluding hydrogens is 615 g/mol. The van der Waals surface area contributed by atoms with E-state index >= 15 is 0 Å². The number of thioether (sulfide) groups is 1. The maximum absolute atomic E-state index is 12.9. The first-order valence-corrected chi connectivity index (χ1v) is 16.1. The normalized spacial score (nSPS) is 15.8. The van der Waals surface area contributed by atoms with Gasteiger partial charge in [-0.3, -0.25) is 0 Å². The van der Waals surface area contributed by atoms with E-state index in [0.29, 0.717) is 22.1 Å². The number of hydrogen-bond acceptors (Lipinski definition) is 7. The first kappa shape index (κ1) is 28.7. The first-order chi connectivity index (χ1) is 17.0. The number of carbonyl (C=O) groups is 1. The van der Waals surface area contributed by atoms with Crippen molar-refractivity contribution in [3.8, 4) is 0 Å². The third-order valence-electron chi connectivity index (χ3n) is 6.13. The zero-order valence-corrected chi connectivity index (χ0v) is 24.4. The molecule has 1 saturated carbocycles. The number of sulfonamides is 1. The average Bonchev–Trinajstić information content (AvgIpc) is 2.80. The predicted octanol–water partition coefficient (Wildman–Crippen LogP) is 0.548. The van der Waals surface area contributed by atoms with Crippen molar-refractivity contribution in [2.45, 2.75) is 48.4 Å². The number of nitrogens with one attached hydrogen (secondary N) is 2. The molecule has 1 amide bonds. The van der Waals surface area contributed by atoms with Gasteiger partial charge in [-0.15, -0.1) is 0 Å². The summed E-state index contributed by atoms with van der Waals surface area (Å²) in [5, 5.41) is 12.9. The Hall–Kier alpha value is -1.90. The molecule has 0 unspecified atom stereocenters. The minimum absolute atomic E-state index is 0.0277. The van der Waals surface area contributed by atoms with E-state index in [1.807, 2.05) is 44.4 Å². The van der Waals surface area contributed by atoms with E-state index in [4.69, 9.17) is 0 Å². The van der Waals surface area contributed by atoms with Crippen LogP contribution in [0.1, 0.15) is 32.6 Å². The van der Waals surface area contributed by atoms with Gasteiger partial charge in [0.1, 0.15) is 0 Å². The third kappa shape index (κ3) is 8.05. The van der Waals surface area contributed by atoms with Crippen LogP contribution in [-0.2, 0) is 14.8 Å². The van der Waals surface area contributed by atoms with Crippen LogP contribution in [0.15, 0.2) is 58.3 Å². The standard InChI is InChI=1S/C24H33IN4O5S2/c1-24(13-7-14-24)23(30)27-36(33,34)20-10-11-22(21(16-20)25-29(31)32)26-18(12-15-28(2)3)17-35-19-8-5-4-6-9-19/h4-6,8-11,16,18,26H,7,12-15,17H2,1-3H3,(H,27,30)(H,31,32)/t18-/m1/s1. The van der Waals surface area contributed by atoms with Crippen LogP contribution >= 0.6 is 11.8 Å². The number of amides is 1. The van der Waals surface area contributed by atoms with Gasteiger partial charge < -0.3 is 0 Å². The second-order valence-electron chi connectivity index (χ2n) is 9.36. The molecule has 3 N–H and O–H groups in total. The molecule has 0 spiro atoms. The van der Waals surface area contributed by atoms with Gasteiger partial charge in [-0.05, 0) is 0 Å². The van der Waals surface area contributed by atoms with Gasteiger partial charge in [-0.25, -0.2) is 0 Å². The zero-order valence-electron chi connectivity index (χ0n) is 20.6. The number of nitrogens with zero attached hydrogens (tertiary/aromatic N) is 2. The molecule has 36 heavy (non-hydrogen) atoms. The van der Waals surface area contributed by atoms with E-state index in [9.17, 15) is 23.3 Å². The fourth-order valence-electron chi connectivity index (χ4n) is 3.71. The topological polar surface area (TPSA) is 119 Å². The molecule has 3 rings (SSSR count). The van der Waals surface area contributed by atoms with Crippen LogP contribution < -0.4 is 31.5 Å². The summed E-state index contributed by atoms with van der Waals surface area (Å²) in [6.07, 6.45) is 3.02. The Morgan fingerprint density at radius 3 is 2.50 bits per heavy atom. The summed E-state index contributed by atoms with van der Waals surface area (Å²) in [4.78, 5) is 27.2. The van der Waals surface area contributed by atoms with Crippen molar-refractivity contribution in [1.82, 2.24) is 9.62 Å². The first-order valence-electron chi connectivity index (χ1n) is 11.6. The summed E-state index contributed by atoms with van der Waals surface area (Å²) in [6, 6.07) is 14.5. The molecule has 1 aliphatic rings. The number of rotatable bonds is 13. The van der Waals surface area contributed by atoms with E-state index in [1.165, 1.54) is 12.1 Å². The van der Waals surface area contributed by atoms with Crippen molar-refractivity contribution >= 4 is 33.4 Å². The molecule has 1 atom stereocenters. The Balaban J connectivity index is 1.81. The van der Waals surface area contributed by atoms with Crippen LogP contribution in [-0.4, -0.2) is 60.0 Å².